The molecule has 0 amide bonds. The Morgan fingerprint density at radius 2 is 2.30 bits per heavy atom. The first-order valence-corrected chi connectivity index (χ1v) is 8.94. The van der Waals surface area contributed by atoms with Crippen LogP contribution in [0.1, 0.15) is 12.2 Å². The number of para-hydroxylation sites is 1. The molecule has 0 spiro atoms. The van der Waals surface area contributed by atoms with E-state index in [4.69, 9.17) is 4.42 Å². The topological polar surface area (TPSA) is 61.0 Å². The standard InChI is InChI=1S/C17H23N3O2S/c1-18-16(19-11-17(21)7-8-23-12-17)20(2)10-14-9-13-5-3-4-6-15(13)22-14/h3-6,9,21H,7-8,10-12H2,1-2H3,(H,18,19). The highest BCUT2D eigenvalue weighted by Gasteiger charge is 2.31. The van der Waals surface area contributed by atoms with E-state index in [0.29, 0.717) is 13.1 Å². The van der Waals surface area contributed by atoms with Crippen LogP contribution < -0.4 is 5.32 Å². The van der Waals surface area contributed by atoms with Crippen LogP contribution in [0.5, 0.6) is 0 Å². The van der Waals surface area contributed by atoms with Gasteiger partial charge in [0.1, 0.15) is 11.3 Å². The highest BCUT2D eigenvalue weighted by atomic mass is 32.2. The summed E-state index contributed by atoms with van der Waals surface area (Å²) in [7, 11) is 3.72. The van der Waals surface area contributed by atoms with Crippen LogP contribution in [0.15, 0.2) is 39.7 Å². The van der Waals surface area contributed by atoms with Crippen LogP contribution in [0.3, 0.4) is 0 Å². The Balaban J connectivity index is 1.62. The number of thioether (sulfide) groups is 1. The van der Waals surface area contributed by atoms with Crippen molar-refractivity contribution < 1.29 is 9.52 Å². The number of benzene rings is 1. The maximum absolute atomic E-state index is 10.4. The zero-order chi connectivity index (χ0) is 16.3. The second kappa shape index (κ2) is 6.84. The van der Waals surface area contributed by atoms with E-state index in [0.717, 1.165) is 40.6 Å². The highest BCUT2D eigenvalue weighted by molar-refractivity contribution is 7.99. The Kier molecular flexibility index (Phi) is 4.82. The van der Waals surface area contributed by atoms with Gasteiger partial charge in [0, 0.05) is 31.8 Å². The van der Waals surface area contributed by atoms with Crippen molar-refractivity contribution in [3.05, 3.63) is 36.1 Å². The third-order valence-electron chi connectivity index (χ3n) is 4.10. The number of nitrogens with zero attached hydrogens (tertiary/aromatic N) is 2. The molecular weight excluding hydrogens is 310 g/mol. The lowest BCUT2D eigenvalue weighted by Crippen LogP contribution is -2.47. The fraction of sp³-hybridized carbons (Fsp3) is 0.471. The Labute approximate surface area is 140 Å². The van der Waals surface area contributed by atoms with Gasteiger partial charge in [-0.15, -0.1) is 0 Å². The van der Waals surface area contributed by atoms with Gasteiger partial charge in [-0.25, -0.2) is 0 Å². The SMILES string of the molecule is CN=C(NCC1(O)CCSC1)N(C)Cc1cc2ccccc2o1. The minimum absolute atomic E-state index is 0.525. The van der Waals surface area contributed by atoms with Gasteiger partial charge < -0.3 is 19.7 Å². The molecule has 0 bridgehead atoms. The maximum atomic E-state index is 10.4. The van der Waals surface area contributed by atoms with Gasteiger partial charge in [-0.3, -0.25) is 4.99 Å². The molecule has 3 rings (SSSR count). The lowest BCUT2D eigenvalue weighted by Gasteiger charge is -2.26. The molecule has 2 heterocycles. The predicted molar refractivity (Wildman–Crippen MR) is 95.9 cm³/mol. The largest absolute Gasteiger partial charge is 0.459 e. The van der Waals surface area contributed by atoms with Crippen molar-refractivity contribution in [3.8, 4) is 0 Å². The predicted octanol–water partition coefficient (Wildman–Crippen LogP) is 2.31. The van der Waals surface area contributed by atoms with Crippen LogP contribution in [-0.2, 0) is 6.54 Å². The molecule has 1 unspecified atom stereocenters. The third kappa shape index (κ3) is 3.82. The summed E-state index contributed by atoms with van der Waals surface area (Å²) >= 11 is 1.80. The second-order valence-corrected chi connectivity index (χ2v) is 7.14. The molecule has 124 valence electrons. The van der Waals surface area contributed by atoms with E-state index in [1.807, 2.05) is 36.2 Å². The third-order valence-corrected chi connectivity index (χ3v) is 5.34. The molecule has 2 N–H and O–H groups in total. The molecule has 1 atom stereocenters. The number of aliphatic imine (C=N–C) groups is 1. The van der Waals surface area contributed by atoms with Gasteiger partial charge in [0.2, 0.25) is 0 Å². The monoisotopic (exact) mass is 333 g/mol. The molecule has 0 aliphatic carbocycles. The minimum atomic E-state index is -0.624. The zero-order valence-electron chi connectivity index (χ0n) is 13.6. The molecule has 1 saturated heterocycles. The normalized spacial score (nSPS) is 21.8. The summed E-state index contributed by atoms with van der Waals surface area (Å²) in [6.07, 6.45) is 0.828. The maximum Gasteiger partial charge on any atom is 0.193 e. The van der Waals surface area contributed by atoms with Crippen LogP contribution in [0.2, 0.25) is 0 Å². The van der Waals surface area contributed by atoms with Gasteiger partial charge in [0.25, 0.3) is 0 Å². The van der Waals surface area contributed by atoms with Crippen LogP contribution in [0.4, 0.5) is 0 Å². The number of aliphatic hydroxyl groups is 1. The summed E-state index contributed by atoms with van der Waals surface area (Å²) in [6.45, 7) is 1.15. The lowest BCUT2D eigenvalue weighted by molar-refractivity contribution is 0.0718. The summed E-state index contributed by atoms with van der Waals surface area (Å²) in [6, 6.07) is 10.0. The number of fused-ring (bicyclic) bond motifs is 1. The average molecular weight is 333 g/mol. The summed E-state index contributed by atoms with van der Waals surface area (Å²) in [5.41, 5.74) is 0.275. The molecule has 1 aromatic heterocycles. The van der Waals surface area contributed by atoms with Gasteiger partial charge in [0.05, 0.1) is 12.1 Å². The van der Waals surface area contributed by atoms with Crippen molar-refractivity contribution in [2.24, 2.45) is 4.99 Å². The fourth-order valence-electron chi connectivity index (χ4n) is 2.79. The van der Waals surface area contributed by atoms with Crippen LogP contribution >= 0.6 is 11.8 Å². The van der Waals surface area contributed by atoms with Crippen molar-refractivity contribution in [3.63, 3.8) is 0 Å². The summed E-state index contributed by atoms with van der Waals surface area (Å²) < 4.78 is 5.85. The molecule has 23 heavy (non-hydrogen) atoms. The van der Waals surface area contributed by atoms with Crippen LogP contribution in [0, 0.1) is 0 Å². The lowest BCUT2D eigenvalue weighted by atomic mass is 10.0. The Morgan fingerprint density at radius 1 is 1.48 bits per heavy atom. The number of nitrogens with one attached hydrogen (secondary N) is 1. The number of furan rings is 1. The zero-order valence-corrected chi connectivity index (χ0v) is 14.4. The molecular formula is C17H23N3O2S. The van der Waals surface area contributed by atoms with E-state index in [1.54, 1.807) is 18.8 Å². The van der Waals surface area contributed by atoms with E-state index in [9.17, 15) is 5.11 Å². The molecule has 1 fully saturated rings. The summed E-state index contributed by atoms with van der Waals surface area (Å²) in [5, 5.41) is 14.8. The Bertz CT molecular complexity index is 659. The van der Waals surface area contributed by atoms with Gasteiger partial charge >= 0.3 is 0 Å². The van der Waals surface area contributed by atoms with E-state index < -0.39 is 5.60 Å². The van der Waals surface area contributed by atoms with E-state index in [-0.39, 0.29) is 0 Å². The summed E-state index contributed by atoms with van der Waals surface area (Å²) in [5.74, 6) is 3.46. The first-order chi connectivity index (χ1) is 11.1. The smallest absolute Gasteiger partial charge is 0.193 e. The van der Waals surface area contributed by atoms with E-state index >= 15 is 0 Å². The van der Waals surface area contributed by atoms with E-state index in [1.165, 1.54) is 0 Å². The van der Waals surface area contributed by atoms with Crippen molar-refractivity contribution >= 4 is 28.7 Å². The van der Waals surface area contributed by atoms with Crippen LogP contribution in [0.25, 0.3) is 11.0 Å². The minimum Gasteiger partial charge on any atom is -0.459 e. The second-order valence-electron chi connectivity index (χ2n) is 6.03. The molecule has 0 radical (unpaired) electrons. The van der Waals surface area contributed by atoms with Crippen molar-refractivity contribution in [2.75, 3.05) is 32.1 Å². The first-order valence-electron chi connectivity index (χ1n) is 7.79. The van der Waals surface area contributed by atoms with Crippen molar-refractivity contribution in [2.45, 2.75) is 18.6 Å². The average Bonchev–Trinajstić information content (AvgIpc) is 3.13. The summed E-state index contributed by atoms with van der Waals surface area (Å²) in [4.78, 5) is 6.31. The number of rotatable bonds is 4. The molecule has 5 nitrogen and oxygen atoms in total. The highest BCUT2D eigenvalue weighted by Crippen LogP contribution is 2.27. The Hall–Kier alpha value is -1.66. The number of hydrogen-bond acceptors (Lipinski definition) is 4. The number of guanidine groups is 1. The molecule has 0 saturated carbocycles. The molecule has 1 aromatic carbocycles. The van der Waals surface area contributed by atoms with Gasteiger partial charge in [-0.1, -0.05) is 18.2 Å². The Morgan fingerprint density at radius 3 is 3.00 bits per heavy atom. The van der Waals surface area contributed by atoms with Gasteiger partial charge in [-0.05, 0) is 24.3 Å². The van der Waals surface area contributed by atoms with Crippen LogP contribution in [-0.4, -0.2) is 53.7 Å². The quantitative estimate of drug-likeness (QED) is 0.664. The van der Waals surface area contributed by atoms with Crippen molar-refractivity contribution in [1.82, 2.24) is 10.2 Å². The van der Waals surface area contributed by atoms with Crippen molar-refractivity contribution in [1.29, 1.82) is 0 Å². The van der Waals surface area contributed by atoms with E-state index in [2.05, 4.69) is 16.4 Å². The number of hydrogen-bond donors (Lipinski definition) is 2. The van der Waals surface area contributed by atoms with Gasteiger partial charge in [-0.2, -0.15) is 11.8 Å². The fourth-order valence-corrected chi connectivity index (χ4v) is 4.08. The molecule has 1 aliphatic heterocycles. The molecule has 1 aliphatic rings. The van der Waals surface area contributed by atoms with Gasteiger partial charge in [0.15, 0.2) is 5.96 Å². The molecule has 2 aromatic rings. The molecule has 6 heteroatoms. The first kappa shape index (κ1) is 16.2.